The number of hydrogen-bond acceptors (Lipinski definition) is 17. The van der Waals surface area contributed by atoms with E-state index in [4.69, 9.17) is 4.74 Å². The number of aromatic nitrogens is 3. The van der Waals surface area contributed by atoms with Crippen LogP contribution in [0.4, 0.5) is 4.39 Å². The quantitative estimate of drug-likeness (QED) is 0.0445. The van der Waals surface area contributed by atoms with Crippen molar-refractivity contribution in [2.45, 2.75) is 140 Å². The van der Waals surface area contributed by atoms with Gasteiger partial charge in [0, 0.05) is 97.3 Å². The van der Waals surface area contributed by atoms with Crippen molar-refractivity contribution in [2.24, 2.45) is 5.92 Å². The molecule has 73 heavy (non-hydrogen) atoms. The number of alkyl halides is 1. The van der Waals surface area contributed by atoms with E-state index in [0.717, 1.165) is 25.7 Å². The number of amides is 4. The van der Waals surface area contributed by atoms with Crippen LogP contribution in [0.3, 0.4) is 0 Å². The zero-order valence-electron chi connectivity index (χ0n) is 42.3. The molecule has 10 N–H and O–H groups in total. The van der Waals surface area contributed by atoms with E-state index < -0.39 is 60.1 Å². The number of aryl methyl sites for hydroxylation is 1. The Kier molecular flexibility index (Phi) is 26.3. The first-order chi connectivity index (χ1) is 34.9. The van der Waals surface area contributed by atoms with Crippen molar-refractivity contribution < 1.29 is 73.3 Å². The summed E-state index contributed by atoms with van der Waals surface area (Å²) in [5, 5.41) is 77.4. The van der Waals surface area contributed by atoms with Crippen LogP contribution in [0.2, 0.25) is 0 Å². The third kappa shape index (κ3) is 21.4. The predicted octanol–water partition coefficient (Wildman–Crippen LogP) is -1.57. The molecule has 0 aromatic carbocycles. The topological polar surface area (TPSA) is 342 Å². The van der Waals surface area contributed by atoms with Crippen molar-refractivity contribution in [3.8, 4) is 0 Å². The number of nitrogens with zero attached hydrogens (tertiary/aromatic N) is 7. The van der Waals surface area contributed by atoms with Crippen LogP contribution in [0.1, 0.15) is 108 Å². The lowest BCUT2D eigenvalue weighted by atomic mass is 9.88. The summed E-state index contributed by atoms with van der Waals surface area (Å²) in [6.07, 6.45) is 2.84. The van der Waals surface area contributed by atoms with Gasteiger partial charge >= 0.3 is 17.9 Å². The number of carboxylic acids is 3. The monoisotopic (exact) mass is 1040 g/mol. The van der Waals surface area contributed by atoms with Crippen molar-refractivity contribution in [1.29, 1.82) is 0 Å². The van der Waals surface area contributed by atoms with E-state index in [2.05, 4.69) is 31.6 Å². The lowest BCUT2D eigenvalue weighted by Crippen LogP contribution is -2.58. The number of unbranched alkanes of at least 4 members (excludes halogenated alkanes) is 5. The van der Waals surface area contributed by atoms with Crippen LogP contribution < -0.4 is 21.3 Å². The van der Waals surface area contributed by atoms with Gasteiger partial charge in [0.15, 0.2) is 6.29 Å². The summed E-state index contributed by atoms with van der Waals surface area (Å²) < 4.78 is 23.6. The van der Waals surface area contributed by atoms with Crippen LogP contribution in [0.15, 0.2) is 0 Å². The Bertz CT molecular complexity index is 1900. The number of aliphatic hydroxyl groups is 3. The van der Waals surface area contributed by atoms with Crippen LogP contribution in [-0.4, -0.2) is 230 Å². The van der Waals surface area contributed by atoms with Gasteiger partial charge in [-0.05, 0) is 57.8 Å². The lowest BCUT2D eigenvalue weighted by molar-refractivity contribution is -0.271. The fourth-order valence-electron chi connectivity index (χ4n) is 9.16. The van der Waals surface area contributed by atoms with Crippen LogP contribution in [0, 0.1) is 5.92 Å². The largest absolute Gasteiger partial charge is 0.480 e. The van der Waals surface area contributed by atoms with E-state index in [0.29, 0.717) is 89.7 Å². The molecule has 1 aliphatic carbocycles. The standard InChI is InChI=1S/C47H80FN11O14/c1-33-41(69)42(70)45(71)73-44(33)52-36(61)15-7-2-3-10-17-49-35(60)14-8-5-11-18-51-46(72)47(48)16-9-4-6-13-34-43(47)53-54-59(34)20-12-19-50-37(62)29-55-21-23-56(30-38(63)64)25-27-58(32-40(67)68)28-26-57(24-22-55)31-39(65)66/h33,41-42,44-45,69-71H,2-32H2,1H3,(H,49,60)(H,50,62)(H,51,72)(H,52,61)(H,63,64)(H,65,66)(H,67,68)/t33-,41-,42+,44?,45+,47?/m1/s1. The molecule has 3 aliphatic rings. The zero-order chi connectivity index (χ0) is 53.3. The summed E-state index contributed by atoms with van der Waals surface area (Å²) in [5.74, 6) is -5.20. The molecule has 0 radical (unpaired) electrons. The smallest absolute Gasteiger partial charge is 0.317 e. The normalized spacial score (nSPS) is 24.2. The minimum Gasteiger partial charge on any atom is -0.480 e. The van der Waals surface area contributed by atoms with E-state index in [-0.39, 0.29) is 115 Å². The van der Waals surface area contributed by atoms with Crippen molar-refractivity contribution in [3.05, 3.63) is 11.4 Å². The average Bonchev–Trinajstić information content (AvgIpc) is 3.73. The van der Waals surface area contributed by atoms with E-state index in [1.165, 1.54) is 0 Å². The minimum atomic E-state index is -2.38. The zero-order valence-corrected chi connectivity index (χ0v) is 42.3. The van der Waals surface area contributed by atoms with Crippen molar-refractivity contribution in [3.63, 3.8) is 0 Å². The molecule has 2 fully saturated rings. The van der Waals surface area contributed by atoms with E-state index in [9.17, 15) is 64.2 Å². The molecule has 6 atom stereocenters. The molecular formula is C47H80FN11O14. The van der Waals surface area contributed by atoms with Crippen LogP contribution >= 0.6 is 0 Å². The Morgan fingerprint density at radius 2 is 1.11 bits per heavy atom. The molecule has 1 aromatic rings. The van der Waals surface area contributed by atoms with Crippen molar-refractivity contribution >= 4 is 41.5 Å². The van der Waals surface area contributed by atoms with Crippen LogP contribution in [0.25, 0.3) is 0 Å². The third-order valence-corrected chi connectivity index (χ3v) is 13.5. The van der Waals surface area contributed by atoms with Gasteiger partial charge in [0.25, 0.3) is 5.91 Å². The molecule has 0 bridgehead atoms. The van der Waals surface area contributed by atoms with Gasteiger partial charge in [0.1, 0.15) is 18.0 Å². The highest BCUT2D eigenvalue weighted by Gasteiger charge is 2.46. The number of aliphatic carboxylic acids is 3. The molecule has 26 heteroatoms. The number of nitrogens with one attached hydrogen (secondary N) is 4. The Labute approximate surface area is 425 Å². The second-order valence-electron chi connectivity index (χ2n) is 19.4. The van der Waals surface area contributed by atoms with Gasteiger partial charge in [-0.2, -0.15) is 0 Å². The summed E-state index contributed by atoms with van der Waals surface area (Å²) in [6.45, 7) is 4.20. The summed E-state index contributed by atoms with van der Waals surface area (Å²) >= 11 is 0. The number of rotatable bonds is 27. The van der Waals surface area contributed by atoms with E-state index in [1.807, 2.05) is 4.90 Å². The number of hydrogen-bond donors (Lipinski definition) is 10. The van der Waals surface area contributed by atoms with Gasteiger partial charge in [-0.1, -0.05) is 37.8 Å². The summed E-state index contributed by atoms with van der Waals surface area (Å²) in [6, 6.07) is 0. The maximum Gasteiger partial charge on any atom is 0.317 e. The molecule has 0 spiro atoms. The number of halogens is 1. The number of carbonyl (C=O) groups is 7. The van der Waals surface area contributed by atoms with Crippen molar-refractivity contribution in [2.75, 3.05) is 98.2 Å². The van der Waals surface area contributed by atoms with Crippen LogP contribution in [-0.2, 0) is 56.9 Å². The van der Waals surface area contributed by atoms with Gasteiger partial charge < -0.3 is 56.6 Å². The second-order valence-corrected chi connectivity index (χ2v) is 19.4. The molecule has 3 heterocycles. The fourth-order valence-corrected chi connectivity index (χ4v) is 9.16. The molecule has 2 unspecified atom stereocenters. The first kappa shape index (κ1) is 60.6. The molecule has 1 aromatic heterocycles. The number of carbonyl (C=O) groups excluding carboxylic acids is 4. The Morgan fingerprint density at radius 3 is 1.68 bits per heavy atom. The Hall–Kier alpha value is -4.96. The highest BCUT2D eigenvalue weighted by atomic mass is 19.1. The highest BCUT2D eigenvalue weighted by Crippen LogP contribution is 2.36. The SMILES string of the molecule is C[C@H]1C(NC(=O)CCCCCCNC(=O)CCCCCNC(=O)C2(F)CCCCCc3c2nnn3CCCNC(=O)CN2CCN(CC(=O)O)CCN(CC(=O)O)CCN(CC(=O)O)CC2)O[C@H](O)[C@@H](O)[C@@H]1O. The maximum absolute atomic E-state index is 16.8. The van der Waals surface area contributed by atoms with E-state index in [1.54, 1.807) is 26.3 Å². The molecule has 2 saturated heterocycles. The fraction of sp³-hybridized carbons (Fsp3) is 0.809. The average molecular weight is 1040 g/mol. The summed E-state index contributed by atoms with van der Waals surface area (Å²) in [5.41, 5.74) is -1.84. The molecule has 4 amide bonds. The number of fused-ring (bicyclic) bond motifs is 1. The minimum absolute atomic E-state index is 0.000578. The Balaban J connectivity index is 1.14. The molecule has 0 saturated carbocycles. The Morgan fingerprint density at radius 1 is 0.616 bits per heavy atom. The first-order valence-electron chi connectivity index (χ1n) is 25.8. The van der Waals surface area contributed by atoms with Gasteiger partial charge in [0.05, 0.1) is 38.0 Å². The van der Waals surface area contributed by atoms with Crippen molar-refractivity contribution in [1.82, 2.24) is 55.9 Å². The number of carboxylic acid groups (broad SMARTS) is 3. The molecule has 25 nitrogen and oxygen atoms in total. The van der Waals surface area contributed by atoms with Gasteiger partial charge in [-0.3, -0.25) is 53.2 Å². The molecule has 2 aliphatic heterocycles. The second kappa shape index (κ2) is 31.7. The van der Waals surface area contributed by atoms with E-state index >= 15 is 4.39 Å². The molecular weight excluding hydrogens is 962 g/mol. The van der Waals surface area contributed by atoms with Gasteiger partial charge in [-0.15, -0.1) is 5.10 Å². The summed E-state index contributed by atoms with van der Waals surface area (Å²) in [7, 11) is 0. The van der Waals surface area contributed by atoms with Crippen LogP contribution in [0.5, 0.6) is 0 Å². The summed E-state index contributed by atoms with van der Waals surface area (Å²) in [4.78, 5) is 92.9. The lowest BCUT2D eigenvalue weighted by Gasteiger charge is -2.39. The first-order valence-corrected chi connectivity index (χ1v) is 25.8. The van der Waals surface area contributed by atoms with Gasteiger partial charge in [0.2, 0.25) is 23.4 Å². The third-order valence-electron chi connectivity index (χ3n) is 13.5. The number of aliphatic hydroxyl groups excluding tert-OH is 3. The maximum atomic E-state index is 16.8. The van der Waals surface area contributed by atoms with Gasteiger partial charge in [-0.25, -0.2) is 9.07 Å². The molecule has 4 rings (SSSR count). The predicted molar refractivity (Wildman–Crippen MR) is 259 cm³/mol. The molecule has 414 valence electrons. The number of ether oxygens (including phenoxy) is 1. The highest BCUT2D eigenvalue weighted by molar-refractivity contribution is 5.86.